The molecule has 2 N–H and O–H groups in total. The standard InChI is InChI=1S/C9H17FN2O/c1-12(9(13)6-10)8-4-2-7(11)3-5-8/h7-8H,2-6,11H2,1H3/t7-,8-. The molecule has 0 aromatic carbocycles. The third kappa shape index (κ3) is 2.66. The molecule has 0 heterocycles. The van der Waals surface area contributed by atoms with Gasteiger partial charge in [-0.3, -0.25) is 4.79 Å². The van der Waals surface area contributed by atoms with Gasteiger partial charge < -0.3 is 10.6 Å². The maximum Gasteiger partial charge on any atom is 0.253 e. The van der Waals surface area contributed by atoms with Gasteiger partial charge in [-0.05, 0) is 25.7 Å². The summed E-state index contributed by atoms with van der Waals surface area (Å²) in [4.78, 5) is 12.5. The van der Waals surface area contributed by atoms with Gasteiger partial charge in [-0.2, -0.15) is 0 Å². The van der Waals surface area contributed by atoms with E-state index in [-0.39, 0.29) is 12.1 Å². The number of hydrogen-bond acceptors (Lipinski definition) is 2. The van der Waals surface area contributed by atoms with Gasteiger partial charge in [0.15, 0.2) is 6.67 Å². The average molecular weight is 188 g/mol. The van der Waals surface area contributed by atoms with Crippen molar-refractivity contribution in [3.8, 4) is 0 Å². The first-order valence-corrected chi connectivity index (χ1v) is 4.72. The third-order valence-corrected chi connectivity index (χ3v) is 2.80. The lowest BCUT2D eigenvalue weighted by atomic mass is 9.91. The van der Waals surface area contributed by atoms with Gasteiger partial charge in [-0.15, -0.1) is 0 Å². The minimum Gasteiger partial charge on any atom is -0.341 e. The molecule has 0 saturated heterocycles. The van der Waals surface area contributed by atoms with Crippen LogP contribution < -0.4 is 5.73 Å². The number of alkyl halides is 1. The van der Waals surface area contributed by atoms with E-state index in [2.05, 4.69) is 0 Å². The monoisotopic (exact) mass is 188 g/mol. The van der Waals surface area contributed by atoms with E-state index in [4.69, 9.17) is 5.73 Å². The van der Waals surface area contributed by atoms with Crippen LogP contribution in [-0.2, 0) is 4.79 Å². The Hall–Kier alpha value is -0.640. The van der Waals surface area contributed by atoms with Gasteiger partial charge in [0.25, 0.3) is 5.91 Å². The van der Waals surface area contributed by atoms with Gasteiger partial charge in [-0.25, -0.2) is 4.39 Å². The molecule has 76 valence electrons. The first-order chi connectivity index (χ1) is 6.15. The van der Waals surface area contributed by atoms with Gasteiger partial charge >= 0.3 is 0 Å². The highest BCUT2D eigenvalue weighted by atomic mass is 19.1. The maximum atomic E-state index is 12.1. The van der Waals surface area contributed by atoms with Crippen molar-refractivity contribution < 1.29 is 9.18 Å². The normalized spacial score (nSPS) is 28.5. The molecule has 0 spiro atoms. The SMILES string of the molecule is CN(C(=O)CF)[C@H]1CC[C@H](N)CC1. The fourth-order valence-electron chi connectivity index (χ4n) is 1.79. The minimum atomic E-state index is -0.890. The first kappa shape index (κ1) is 10.4. The molecule has 0 aliphatic heterocycles. The second-order valence-electron chi connectivity index (χ2n) is 3.71. The maximum absolute atomic E-state index is 12.1. The fourth-order valence-corrected chi connectivity index (χ4v) is 1.79. The Morgan fingerprint density at radius 1 is 1.46 bits per heavy atom. The summed E-state index contributed by atoms with van der Waals surface area (Å²) in [5.41, 5.74) is 5.73. The van der Waals surface area contributed by atoms with Crippen molar-refractivity contribution in [2.24, 2.45) is 5.73 Å². The molecule has 4 heteroatoms. The zero-order chi connectivity index (χ0) is 9.84. The molecule has 1 saturated carbocycles. The molecule has 1 aliphatic rings. The number of halogens is 1. The number of rotatable bonds is 2. The Kier molecular flexibility index (Phi) is 3.66. The predicted octanol–water partition coefficient (Wildman–Crippen LogP) is 0.684. The molecule has 1 amide bonds. The molecule has 0 atom stereocenters. The Morgan fingerprint density at radius 3 is 2.46 bits per heavy atom. The Balaban J connectivity index is 2.39. The van der Waals surface area contributed by atoms with Crippen molar-refractivity contribution in [2.45, 2.75) is 37.8 Å². The zero-order valence-electron chi connectivity index (χ0n) is 8.00. The quantitative estimate of drug-likeness (QED) is 0.692. The van der Waals surface area contributed by atoms with Crippen molar-refractivity contribution in [3.05, 3.63) is 0 Å². The largest absolute Gasteiger partial charge is 0.341 e. The molecule has 0 aromatic heterocycles. The molecule has 0 bridgehead atoms. The van der Waals surface area contributed by atoms with Gasteiger partial charge in [0.2, 0.25) is 0 Å². The molecule has 0 aromatic rings. The Bertz CT molecular complexity index is 178. The van der Waals surface area contributed by atoms with E-state index in [1.165, 1.54) is 4.90 Å². The molecule has 1 rings (SSSR count). The number of amides is 1. The van der Waals surface area contributed by atoms with Gasteiger partial charge in [0.05, 0.1) is 0 Å². The molecule has 0 unspecified atom stereocenters. The Morgan fingerprint density at radius 2 is 2.00 bits per heavy atom. The van der Waals surface area contributed by atoms with Crippen LogP contribution in [0.25, 0.3) is 0 Å². The van der Waals surface area contributed by atoms with Crippen molar-refractivity contribution in [3.63, 3.8) is 0 Å². The molecular formula is C9H17FN2O. The van der Waals surface area contributed by atoms with Crippen LogP contribution in [0.5, 0.6) is 0 Å². The van der Waals surface area contributed by atoms with Crippen LogP contribution in [0.4, 0.5) is 4.39 Å². The van der Waals surface area contributed by atoms with Gasteiger partial charge in [0, 0.05) is 19.1 Å². The minimum absolute atomic E-state index is 0.197. The third-order valence-electron chi connectivity index (χ3n) is 2.80. The van der Waals surface area contributed by atoms with E-state index >= 15 is 0 Å². The van der Waals surface area contributed by atoms with E-state index < -0.39 is 12.6 Å². The number of nitrogens with zero attached hydrogens (tertiary/aromatic N) is 1. The van der Waals surface area contributed by atoms with E-state index in [0.717, 1.165) is 25.7 Å². The van der Waals surface area contributed by atoms with E-state index in [0.29, 0.717) is 0 Å². The summed E-state index contributed by atoms with van der Waals surface area (Å²) in [6.07, 6.45) is 3.69. The van der Waals surface area contributed by atoms with Crippen LogP contribution in [0.2, 0.25) is 0 Å². The summed E-state index contributed by atoms with van der Waals surface area (Å²) < 4.78 is 12.1. The summed E-state index contributed by atoms with van der Waals surface area (Å²) in [7, 11) is 1.67. The molecule has 1 fully saturated rings. The number of nitrogens with two attached hydrogens (primary N) is 1. The van der Waals surface area contributed by atoms with Crippen LogP contribution in [-0.4, -0.2) is 36.6 Å². The Labute approximate surface area is 78.1 Å². The van der Waals surface area contributed by atoms with E-state index in [1.807, 2.05) is 0 Å². The van der Waals surface area contributed by atoms with Crippen LogP contribution >= 0.6 is 0 Å². The lowest BCUT2D eigenvalue weighted by Gasteiger charge is -2.32. The summed E-state index contributed by atoms with van der Waals surface area (Å²) in [5.74, 6) is -0.416. The van der Waals surface area contributed by atoms with Crippen molar-refractivity contribution in [1.29, 1.82) is 0 Å². The lowest BCUT2D eigenvalue weighted by molar-refractivity contribution is -0.133. The molecule has 13 heavy (non-hydrogen) atoms. The van der Waals surface area contributed by atoms with Crippen LogP contribution in [0.1, 0.15) is 25.7 Å². The second kappa shape index (κ2) is 4.56. The smallest absolute Gasteiger partial charge is 0.253 e. The van der Waals surface area contributed by atoms with E-state index in [9.17, 15) is 9.18 Å². The topological polar surface area (TPSA) is 46.3 Å². The highest BCUT2D eigenvalue weighted by Gasteiger charge is 2.24. The number of carbonyl (C=O) groups is 1. The molecule has 1 aliphatic carbocycles. The van der Waals surface area contributed by atoms with Crippen molar-refractivity contribution in [1.82, 2.24) is 4.90 Å². The van der Waals surface area contributed by atoms with E-state index in [1.54, 1.807) is 7.05 Å². The average Bonchev–Trinajstić information content (AvgIpc) is 2.17. The zero-order valence-corrected chi connectivity index (χ0v) is 8.00. The fraction of sp³-hybridized carbons (Fsp3) is 0.889. The van der Waals surface area contributed by atoms with Crippen LogP contribution in [0.15, 0.2) is 0 Å². The summed E-state index contributed by atoms with van der Waals surface area (Å²) in [6, 6.07) is 0.466. The first-order valence-electron chi connectivity index (χ1n) is 4.72. The summed E-state index contributed by atoms with van der Waals surface area (Å²) in [5, 5.41) is 0. The number of hydrogen-bond donors (Lipinski definition) is 1. The van der Waals surface area contributed by atoms with Crippen LogP contribution in [0.3, 0.4) is 0 Å². The summed E-state index contributed by atoms with van der Waals surface area (Å²) in [6.45, 7) is -0.890. The van der Waals surface area contributed by atoms with Crippen LogP contribution in [0, 0.1) is 0 Å². The van der Waals surface area contributed by atoms with Gasteiger partial charge in [0.1, 0.15) is 0 Å². The molecule has 0 radical (unpaired) electrons. The second-order valence-corrected chi connectivity index (χ2v) is 3.71. The number of carbonyl (C=O) groups excluding carboxylic acids is 1. The predicted molar refractivity (Wildman–Crippen MR) is 49.0 cm³/mol. The van der Waals surface area contributed by atoms with Crippen molar-refractivity contribution in [2.75, 3.05) is 13.7 Å². The van der Waals surface area contributed by atoms with Gasteiger partial charge in [-0.1, -0.05) is 0 Å². The van der Waals surface area contributed by atoms with Crippen molar-refractivity contribution >= 4 is 5.91 Å². The lowest BCUT2D eigenvalue weighted by Crippen LogP contribution is -2.42. The highest BCUT2D eigenvalue weighted by Crippen LogP contribution is 2.21. The summed E-state index contributed by atoms with van der Waals surface area (Å²) >= 11 is 0. The highest BCUT2D eigenvalue weighted by molar-refractivity contribution is 5.77. The molecule has 3 nitrogen and oxygen atoms in total. The molecular weight excluding hydrogens is 171 g/mol.